The predicted octanol–water partition coefficient (Wildman–Crippen LogP) is 6.36. The number of benzene rings is 2. The van der Waals surface area contributed by atoms with Crippen LogP contribution in [-0.2, 0) is 27.3 Å². The van der Waals surface area contributed by atoms with Crippen LogP contribution >= 0.6 is 0 Å². The molecular weight excluding hydrogens is 314 g/mol. The molecule has 0 saturated heterocycles. The van der Waals surface area contributed by atoms with Gasteiger partial charge in [0.1, 0.15) is 0 Å². The Hall–Kier alpha value is -1.57. The van der Waals surface area contributed by atoms with E-state index in [4.69, 9.17) is 5.32 Å². The van der Waals surface area contributed by atoms with E-state index in [1.807, 2.05) is 18.2 Å². The summed E-state index contributed by atoms with van der Waals surface area (Å²) in [5, 5.41) is 4.98. The summed E-state index contributed by atoms with van der Waals surface area (Å²) in [4.78, 5) is 0. The molecule has 0 aliphatic heterocycles. The van der Waals surface area contributed by atoms with Crippen LogP contribution in [0.2, 0.25) is 0 Å². The molecule has 1 aliphatic rings. The second kappa shape index (κ2) is 7.34. The topological polar surface area (TPSA) is 14.1 Å². The van der Waals surface area contributed by atoms with Crippen LogP contribution in [0.15, 0.2) is 72.3 Å². The minimum atomic E-state index is -0.256. The van der Waals surface area contributed by atoms with Gasteiger partial charge in [-0.15, -0.1) is 5.69 Å². The Morgan fingerprint density at radius 2 is 1.57 bits per heavy atom. The molecular formula is C21H22NTi-. The van der Waals surface area contributed by atoms with Crippen molar-refractivity contribution in [2.24, 2.45) is 0 Å². The van der Waals surface area contributed by atoms with E-state index in [2.05, 4.69) is 69.3 Å². The van der Waals surface area contributed by atoms with E-state index in [1.165, 1.54) is 22.3 Å². The molecule has 1 aliphatic carbocycles. The summed E-state index contributed by atoms with van der Waals surface area (Å²) < 4.78 is 0. The third-order valence-corrected chi connectivity index (χ3v) is 4.24. The maximum Gasteiger partial charge on any atom is 0 e. The third kappa shape index (κ3) is 3.86. The van der Waals surface area contributed by atoms with E-state index >= 15 is 0 Å². The zero-order valence-corrected chi connectivity index (χ0v) is 15.6. The van der Waals surface area contributed by atoms with Crippen molar-refractivity contribution in [1.29, 1.82) is 0 Å². The minimum Gasteiger partial charge on any atom is -0.676 e. The maximum atomic E-state index is 4.98. The molecule has 23 heavy (non-hydrogen) atoms. The standard InChI is InChI=1S/C21H22N.Ti/c1-16-10-9-14-18(16)19-13-7-8-15-20(19)21(2,3)22-17-11-5-4-6-12-17;/h4-13,15H,14H2,1-3H3;/q-1;. The van der Waals surface area contributed by atoms with Crippen LogP contribution in [0.3, 0.4) is 0 Å². The molecule has 1 nitrogen and oxygen atoms in total. The molecule has 0 fully saturated rings. The summed E-state index contributed by atoms with van der Waals surface area (Å²) in [5.74, 6) is 0. The first-order valence-electron chi connectivity index (χ1n) is 7.82. The van der Waals surface area contributed by atoms with E-state index < -0.39 is 0 Å². The summed E-state index contributed by atoms with van der Waals surface area (Å²) in [6.07, 6.45) is 5.47. The molecule has 2 heteroatoms. The van der Waals surface area contributed by atoms with Crippen LogP contribution in [0.1, 0.15) is 38.3 Å². The fourth-order valence-electron chi connectivity index (χ4n) is 3.10. The van der Waals surface area contributed by atoms with Gasteiger partial charge in [-0.2, -0.15) is 0 Å². The first-order chi connectivity index (χ1) is 10.6. The van der Waals surface area contributed by atoms with Crippen LogP contribution in [0.4, 0.5) is 5.69 Å². The Kier molecular flexibility index (Phi) is 5.67. The van der Waals surface area contributed by atoms with Crippen molar-refractivity contribution in [3.05, 3.63) is 88.8 Å². The Labute approximate surface area is 154 Å². The Bertz CT molecular complexity index is 727. The van der Waals surface area contributed by atoms with Gasteiger partial charge in [-0.3, -0.25) is 0 Å². The third-order valence-electron chi connectivity index (χ3n) is 4.24. The molecule has 2 aromatic rings. The molecule has 0 aromatic heterocycles. The van der Waals surface area contributed by atoms with Crippen molar-refractivity contribution in [3.63, 3.8) is 0 Å². The quantitative estimate of drug-likeness (QED) is 0.577. The average molecular weight is 336 g/mol. The van der Waals surface area contributed by atoms with Gasteiger partial charge in [-0.1, -0.05) is 91.7 Å². The van der Waals surface area contributed by atoms with Crippen molar-refractivity contribution >= 4 is 11.3 Å². The van der Waals surface area contributed by atoms with Gasteiger partial charge in [0.2, 0.25) is 0 Å². The summed E-state index contributed by atoms with van der Waals surface area (Å²) in [5.41, 5.74) is 6.17. The van der Waals surface area contributed by atoms with Crippen LogP contribution in [0.25, 0.3) is 10.9 Å². The zero-order valence-electron chi connectivity index (χ0n) is 14.0. The van der Waals surface area contributed by atoms with Gasteiger partial charge < -0.3 is 5.32 Å². The monoisotopic (exact) mass is 336 g/mol. The summed E-state index contributed by atoms with van der Waals surface area (Å²) >= 11 is 0. The second-order valence-corrected chi connectivity index (χ2v) is 6.32. The first kappa shape index (κ1) is 17.8. The van der Waals surface area contributed by atoms with Gasteiger partial charge in [0, 0.05) is 21.7 Å². The maximum absolute atomic E-state index is 4.98. The number of nitrogens with zero attached hydrogens (tertiary/aromatic N) is 1. The number of allylic oxidation sites excluding steroid dienone is 4. The smallest absolute Gasteiger partial charge is 0 e. The van der Waals surface area contributed by atoms with E-state index in [1.54, 1.807) is 0 Å². The van der Waals surface area contributed by atoms with E-state index in [9.17, 15) is 0 Å². The van der Waals surface area contributed by atoms with Crippen molar-refractivity contribution in [2.45, 2.75) is 32.7 Å². The summed E-state index contributed by atoms with van der Waals surface area (Å²) in [6.45, 7) is 6.57. The van der Waals surface area contributed by atoms with Crippen LogP contribution in [0.5, 0.6) is 0 Å². The van der Waals surface area contributed by atoms with E-state index in [0.717, 1.165) is 12.1 Å². The number of rotatable bonds is 4. The number of para-hydroxylation sites is 1. The summed E-state index contributed by atoms with van der Waals surface area (Å²) in [6, 6.07) is 18.9. The van der Waals surface area contributed by atoms with Gasteiger partial charge in [0.25, 0.3) is 0 Å². The number of hydrogen-bond acceptors (Lipinski definition) is 0. The molecule has 0 unspecified atom stereocenters. The van der Waals surface area contributed by atoms with Crippen LogP contribution < -0.4 is 0 Å². The molecule has 0 amide bonds. The Morgan fingerprint density at radius 3 is 2.22 bits per heavy atom. The normalized spacial score (nSPS) is 13.9. The molecule has 0 heterocycles. The van der Waals surface area contributed by atoms with Crippen LogP contribution in [0, 0.1) is 0 Å². The van der Waals surface area contributed by atoms with Crippen molar-refractivity contribution in [1.82, 2.24) is 0 Å². The van der Waals surface area contributed by atoms with Gasteiger partial charge in [0.05, 0.1) is 0 Å². The van der Waals surface area contributed by atoms with Gasteiger partial charge in [0.15, 0.2) is 0 Å². The zero-order chi connectivity index (χ0) is 15.6. The van der Waals surface area contributed by atoms with Gasteiger partial charge in [-0.25, -0.2) is 0 Å². The van der Waals surface area contributed by atoms with Crippen LogP contribution in [-0.4, -0.2) is 0 Å². The Morgan fingerprint density at radius 1 is 0.913 bits per heavy atom. The fourth-order valence-corrected chi connectivity index (χ4v) is 3.10. The number of hydrogen-bond donors (Lipinski definition) is 0. The molecule has 0 saturated carbocycles. The molecule has 0 radical (unpaired) electrons. The molecule has 116 valence electrons. The average Bonchev–Trinajstić information content (AvgIpc) is 2.94. The van der Waals surface area contributed by atoms with E-state index in [-0.39, 0.29) is 27.3 Å². The SMILES string of the molecule is CC1=C(c2ccccc2C(C)(C)[N-]c2ccccc2)CC=C1.[Ti]. The summed E-state index contributed by atoms with van der Waals surface area (Å²) in [7, 11) is 0. The van der Waals surface area contributed by atoms with Crippen molar-refractivity contribution in [3.8, 4) is 0 Å². The van der Waals surface area contributed by atoms with Crippen molar-refractivity contribution < 1.29 is 21.7 Å². The molecule has 0 bridgehead atoms. The molecule has 2 aromatic carbocycles. The van der Waals surface area contributed by atoms with E-state index in [0.29, 0.717) is 0 Å². The molecule has 3 rings (SSSR count). The Balaban J connectivity index is 0.00000192. The predicted molar refractivity (Wildman–Crippen MR) is 95.3 cm³/mol. The first-order valence-corrected chi connectivity index (χ1v) is 7.82. The van der Waals surface area contributed by atoms with Gasteiger partial charge >= 0.3 is 0 Å². The molecule has 0 N–H and O–H groups in total. The molecule has 0 atom stereocenters. The van der Waals surface area contributed by atoms with Crippen molar-refractivity contribution in [2.75, 3.05) is 0 Å². The molecule has 0 spiro atoms. The van der Waals surface area contributed by atoms with Gasteiger partial charge in [-0.05, 0) is 30.1 Å². The minimum absolute atomic E-state index is 0. The largest absolute Gasteiger partial charge is 0.676 e. The fraction of sp³-hybridized carbons (Fsp3) is 0.238. The second-order valence-electron chi connectivity index (χ2n) is 6.32.